The topological polar surface area (TPSA) is 108 Å². The summed E-state index contributed by atoms with van der Waals surface area (Å²) in [6.07, 6.45) is 3.61. The average molecular weight is 379 g/mol. The van der Waals surface area contributed by atoms with E-state index < -0.39 is 0 Å². The van der Waals surface area contributed by atoms with Gasteiger partial charge in [-0.15, -0.1) is 0 Å². The Morgan fingerprint density at radius 2 is 1.86 bits per heavy atom. The fourth-order valence-corrected chi connectivity index (χ4v) is 3.23. The SMILES string of the molecule is N=C(OC(=N)C1CC1)c1cc(-c2ccc(CN3CCOCC3)cc2)cnc1N. The quantitative estimate of drug-likeness (QED) is 0.547. The van der Waals surface area contributed by atoms with E-state index >= 15 is 0 Å². The van der Waals surface area contributed by atoms with Gasteiger partial charge < -0.3 is 15.2 Å². The average Bonchev–Trinajstić information content (AvgIpc) is 3.55. The number of nitrogens with zero attached hydrogens (tertiary/aromatic N) is 2. The van der Waals surface area contributed by atoms with E-state index in [4.69, 9.17) is 26.0 Å². The van der Waals surface area contributed by atoms with Crippen LogP contribution in [0.25, 0.3) is 11.1 Å². The van der Waals surface area contributed by atoms with Crippen LogP contribution in [0.4, 0.5) is 5.82 Å². The highest BCUT2D eigenvalue weighted by Gasteiger charge is 2.29. The molecule has 1 aliphatic heterocycles. The highest BCUT2D eigenvalue weighted by molar-refractivity contribution is 6.03. The van der Waals surface area contributed by atoms with Crippen LogP contribution in [0.1, 0.15) is 24.0 Å². The van der Waals surface area contributed by atoms with Crippen LogP contribution in [0.15, 0.2) is 36.5 Å². The Kier molecular flexibility index (Phi) is 5.36. The minimum absolute atomic E-state index is 0.118. The van der Waals surface area contributed by atoms with Crippen molar-refractivity contribution in [2.24, 2.45) is 5.92 Å². The summed E-state index contributed by atoms with van der Waals surface area (Å²) in [5.41, 5.74) is 9.49. The second kappa shape index (κ2) is 8.08. The molecule has 7 heteroatoms. The van der Waals surface area contributed by atoms with Crippen molar-refractivity contribution >= 4 is 17.6 Å². The van der Waals surface area contributed by atoms with E-state index in [0.29, 0.717) is 5.56 Å². The van der Waals surface area contributed by atoms with Crippen LogP contribution in [-0.2, 0) is 16.0 Å². The lowest BCUT2D eigenvalue weighted by atomic mass is 10.0. The number of aromatic nitrogens is 1. The van der Waals surface area contributed by atoms with Gasteiger partial charge in [0.2, 0.25) is 5.90 Å². The summed E-state index contributed by atoms with van der Waals surface area (Å²) in [5, 5.41) is 16.0. The van der Waals surface area contributed by atoms with E-state index in [1.807, 2.05) is 6.07 Å². The van der Waals surface area contributed by atoms with E-state index in [0.717, 1.165) is 56.8 Å². The summed E-state index contributed by atoms with van der Waals surface area (Å²) in [4.78, 5) is 6.61. The maximum atomic E-state index is 8.16. The number of benzene rings is 1. The molecule has 28 heavy (non-hydrogen) atoms. The molecule has 2 heterocycles. The summed E-state index contributed by atoms with van der Waals surface area (Å²) in [7, 11) is 0. The third-order valence-corrected chi connectivity index (χ3v) is 5.12. The normalized spacial score (nSPS) is 17.3. The fourth-order valence-electron chi connectivity index (χ4n) is 3.23. The predicted molar refractivity (Wildman–Crippen MR) is 109 cm³/mol. The highest BCUT2D eigenvalue weighted by Crippen LogP contribution is 2.31. The van der Waals surface area contributed by atoms with Gasteiger partial charge in [0.15, 0.2) is 5.90 Å². The van der Waals surface area contributed by atoms with Crippen LogP contribution in [-0.4, -0.2) is 48.0 Å². The van der Waals surface area contributed by atoms with Crippen LogP contribution in [0.5, 0.6) is 0 Å². The largest absolute Gasteiger partial charge is 0.425 e. The van der Waals surface area contributed by atoms with Crippen molar-refractivity contribution < 1.29 is 9.47 Å². The minimum Gasteiger partial charge on any atom is -0.425 e. The molecular weight excluding hydrogens is 354 g/mol. The first-order chi connectivity index (χ1) is 13.6. The second-order valence-electron chi connectivity index (χ2n) is 7.31. The summed E-state index contributed by atoms with van der Waals surface area (Å²) < 4.78 is 10.8. The van der Waals surface area contributed by atoms with Crippen molar-refractivity contribution in [3.05, 3.63) is 47.7 Å². The number of hydrogen-bond acceptors (Lipinski definition) is 7. The third kappa shape index (κ3) is 4.37. The Hall–Kier alpha value is -2.77. The maximum absolute atomic E-state index is 8.16. The molecule has 4 N–H and O–H groups in total. The second-order valence-corrected chi connectivity index (χ2v) is 7.31. The molecule has 0 atom stereocenters. The van der Waals surface area contributed by atoms with E-state index in [-0.39, 0.29) is 23.5 Å². The van der Waals surface area contributed by atoms with E-state index in [9.17, 15) is 0 Å². The molecule has 0 unspecified atom stereocenters. The van der Waals surface area contributed by atoms with Crippen molar-refractivity contribution in [1.82, 2.24) is 9.88 Å². The van der Waals surface area contributed by atoms with Gasteiger partial charge in [0.25, 0.3) is 0 Å². The molecule has 1 aliphatic carbocycles. The lowest BCUT2D eigenvalue weighted by Crippen LogP contribution is -2.35. The first-order valence-electron chi connectivity index (χ1n) is 9.60. The molecule has 0 radical (unpaired) electrons. The first-order valence-corrected chi connectivity index (χ1v) is 9.60. The highest BCUT2D eigenvalue weighted by atomic mass is 16.5. The summed E-state index contributed by atoms with van der Waals surface area (Å²) in [5.74, 6) is 0.410. The third-order valence-electron chi connectivity index (χ3n) is 5.12. The number of ether oxygens (including phenoxy) is 2. The van der Waals surface area contributed by atoms with Crippen LogP contribution >= 0.6 is 0 Å². The van der Waals surface area contributed by atoms with Gasteiger partial charge >= 0.3 is 0 Å². The smallest absolute Gasteiger partial charge is 0.224 e. The van der Waals surface area contributed by atoms with Crippen LogP contribution < -0.4 is 5.73 Å². The van der Waals surface area contributed by atoms with E-state index in [1.54, 1.807) is 6.20 Å². The van der Waals surface area contributed by atoms with Crippen LogP contribution in [0.2, 0.25) is 0 Å². The van der Waals surface area contributed by atoms with Gasteiger partial charge in [0.05, 0.1) is 18.8 Å². The molecule has 1 saturated carbocycles. The van der Waals surface area contributed by atoms with Crippen LogP contribution in [0, 0.1) is 16.7 Å². The van der Waals surface area contributed by atoms with Gasteiger partial charge in [-0.1, -0.05) is 24.3 Å². The molecule has 0 amide bonds. The fraction of sp³-hybridized carbons (Fsp3) is 0.381. The number of rotatable bonds is 5. The zero-order valence-electron chi connectivity index (χ0n) is 15.8. The van der Waals surface area contributed by atoms with Crippen molar-refractivity contribution in [3.63, 3.8) is 0 Å². The molecule has 2 fully saturated rings. The van der Waals surface area contributed by atoms with E-state index in [2.05, 4.69) is 34.1 Å². The molecule has 2 aliphatic rings. The maximum Gasteiger partial charge on any atom is 0.224 e. The number of anilines is 1. The zero-order valence-corrected chi connectivity index (χ0v) is 15.8. The molecule has 0 bridgehead atoms. The summed E-state index contributed by atoms with van der Waals surface area (Å²) >= 11 is 0. The number of nitrogens with two attached hydrogens (primary N) is 1. The predicted octanol–water partition coefficient (Wildman–Crippen LogP) is 2.89. The monoisotopic (exact) mass is 379 g/mol. The Bertz CT molecular complexity index is 871. The van der Waals surface area contributed by atoms with E-state index in [1.165, 1.54) is 5.56 Å². The lowest BCUT2D eigenvalue weighted by Gasteiger charge is -2.26. The molecular formula is C21H25N5O2. The minimum atomic E-state index is -0.118. The molecule has 1 aromatic heterocycles. The standard InChI is InChI=1S/C21H25N5O2/c22-19-18(21(24)28-20(23)16-5-6-16)11-17(12-25-19)15-3-1-14(2-4-15)13-26-7-9-27-10-8-26/h1-4,11-12,16,23-24H,5-10,13H2,(H2,22,25). The number of pyridine rings is 1. The molecule has 7 nitrogen and oxygen atoms in total. The zero-order chi connectivity index (χ0) is 19.5. The number of nitrogen functional groups attached to an aromatic ring is 1. The van der Waals surface area contributed by atoms with Gasteiger partial charge in [-0.3, -0.25) is 15.7 Å². The number of nitrogens with one attached hydrogen (secondary N) is 2. The van der Waals surface area contributed by atoms with Gasteiger partial charge in [0, 0.05) is 37.3 Å². The van der Waals surface area contributed by atoms with Gasteiger partial charge in [-0.2, -0.15) is 0 Å². The number of morpholine rings is 1. The summed E-state index contributed by atoms with van der Waals surface area (Å²) in [6.45, 7) is 4.43. The first kappa shape index (κ1) is 18.6. The Morgan fingerprint density at radius 3 is 2.54 bits per heavy atom. The van der Waals surface area contributed by atoms with Gasteiger partial charge in [0.1, 0.15) is 5.82 Å². The van der Waals surface area contributed by atoms with Gasteiger partial charge in [-0.05, 0) is 30.0 Å². The van der Waals surface area contributed by atoms with Gasteiger partial charge in [-0.25, -0.2) is 4.98 Å². The number of hydrogen-bond donors (Lipinski definition) is 3. The Labute approximate surface area is 164 Å². The van der Waals surface area contributed by atoms with Crippen LogP contribution in [0.3, 0.4) is 0 Å². The van der Waals surface area contributed by atoms with Crippen molar-refractivity contribution in [2.75, 3.05) is 32.0 Å². The molecule has 1 aromatic carbocycles. The van der Waals surface area contributed by atoms with Crippen molar-refractivity contribution in [3.8, 4) is 11.1 Å². The Morgan fingerprint density at radius 1 is 1.14 bits per heavy atom. The molecule has 2 aromatic rings. The lowest BCUT2D eigenvalue weighted by molar-refractivity contribution is 0.0342. The van der Waals surface area contributed by atoms with Crippen molar-refractivity contribution in [1.29, 1.82) is 10.8 Å². The van der Waals surface area contributed by atoms with Crippen molar-refractivity contribution in [2.45, 2.75) is 19.4 Å². The summed E-state index contributed by atoms with van der Waals surface area (Å²) in [6, 6.07) is 10.2. The molecule has 0 spiro atoms. The molecule has 4 rings (SSSR count). The Balaban J connectivity index is 1.47. The molecule has 146 valence electrons. The molecule has 1 saturated heterocycles.